The van der Waals surface area contributed by atoms with E-state index in [4.69, 9.17) is 0 Å². The zero-order valence-corrected chi connectivity index (χ0v) is 16.8. The van der Waals surface area contributed by atoms with Crippen LogP contribution in [0.15, 0.2) is 29.5 Å². The summed E-state index contributed by atoms with van der Waals surface area (Å²) < 4.78 is 4.80. The Morgan fingerprint density at radius 2 is 1.40 bits per heavy atom. The number of benzene rings is 1. The molecule has 0 bridgehead atoms. The van der Waals surface area contributed by atoms with Crippen LogP contribution in [-0.4, -0.2) is 56.2 Å². The molecule has 0 aromatic heterocycles. The average Bonchev–Trinajstić information content (AvgIpc) is 3.02. The van der Waals surface area contributed by atoms with Crippen LogP contribution in [0.4, 0.5) is 0 Å². The van der Waals surface area contributed by atoms with Crippen molar-refractivity contribution in [2.75, 3.05) is 11.5 Å². The first-order chi connectivity index (χ1) is 9.70. The average molecular weight is 472 g/mol. The second kappa shape index (κ2) is 5.89. The van der Waals surface area contributed by atoms with Crippen molar-refractivity contribution in [2.24, 2.45) is 0 Å². The summed E-state index contributed by atoms with van der Waals surface area (Å²) in [7, 11) is 0. The molecule has 20 heavy (non-hydrogen) atoms. The molecule has 4 rings (SSSR count). The Morgan fingerprint density at radius 1 is 0.900 bits per heavy atom. The molecule has 2 nitrogen and oxygen atoms in total. The molecule has 0 fully saturated rings. The number of aromatic hydroxyl groups is 2. The van der Waals surface area contributed by atoms with Gasteiger partial charge in [0, 0.05) is 0 Å². The third-order valence-corrected chi connectivity index (χ3v) is 19.2. The summed E-state index contributed by atoms with van der Waals surface area (Å²) >= 11 is 9.20. The monoisotopic (exact) mass is 474 g/mol. The fraction of sp³-hybridized carbons (Fsp3) is 0.333. The molecule has 0 radical (unpaired) electrons. The van der Waals surface area contributed by atoms with E-state index in [-0.39, 0.29) is 11.5 Å². The second-order valence-electron chi connectivity index (χ2n) is 4.27. The Morgan fingerprint density at radius 3 is 1.90 bits per heavy atom. The number of hydrogen-bond donors (Lipinski definition) is 2. The van der Waals surface area contributed by atoms with Crippen molar-refractivity contribution in [1.82, 2.24) is 0 Å². The van der Waals surface area contributed by atoms with Crippen molar-refractivity contribution in [2.45, 2.75) is 18.1 Å². The molecule has 0 unspecified atom stereocenters. The molecule has 3 aliphatic heterocycles. The van der Waals surface area contributed by atoms with Crippen LogP contribution in [-0.2, 0) is 0 Å². The molecule has 0 spiro atoms. The van der Waals surface area contributed by atoms with Gasteiger partial charge >= 0.3 is 148 Å². The summed E-state index contributed by atoms with van der Waals surface area (Å²) in [6.07, 6.45) is 0. The zero-order chi connectivity index (χ0) is 13.7. The van der Waals surface area contributed by atoms with Crippen LogP contribution >= 0.6 is 47.0 Å². The first-order valence-corrected chi connectivity index (χ1v) is 13.4. The summed E-state index contributed by atoms with van der Waals surface area (Å²) in [6, 6.07) is 3.43. The summed E-state index contributed by atoms with van der Waals surface area (Å²) in [4.78, 5) is 2.26. The van der Waals surface area contributed by atoms with Crippen LogP contribution in [0.1, 0.15) is 0 Å². The van der Waals surface area contributed by atoms with E-state index in [9.17, 15) is 10.2 Å². The molecule has 0 saturated carbocycles. The molecule has 0 atom stereocenters. The molecule has 3 aliphatic rings. The Balaban J connectivity index is 1.51. The van der Waals surface area contributed by atoms with Gasteiger partial charge in [0.25, 0.3) is 0 Å². The number of rotatable bonds is 1. The first kappa shape index (κ1) is 14.6. The third kappa shape index (κ3) is 2.67. The minimum atomic E-state index is 0.00322. The van der Waals surface area contributed by atoms with Crippen molar-refractivity contribution >= 4 is 77.0 Å². The predicted molar refractivity (Wildman–Crippen MR) is 92.5 cm³/mol. The van der Waals surface area contributed by atoms with Gasteiger partial charge in [0.1, 0.15) is 0 Å². The summed E-state index contributed by atoms with van der Waals surface area (Å²) in [5, 5.41) is 19.2. The zero-order valence-electron chi connectivity index (χ0n) is 10.1. The van der Waals surface area contributed by atoms with E-state index in [1.54, 1.807) is 19.7 Å². The van der Waals surface area contributed by atoms with E-state index in [1.165, 1.54) is 11.5 Å². The van der Waals surface area contributed by atoms with Crippen molar-refractivity contribution in [1.29, 1.82) is 0 Å². The number of hydrogen-bond acceptors (Lipinski definition) is 6. The van der Waals surface area contributed by atoms with E-state index >= 15 is 0 Å². The Bertz CT molecular complexity index is 558. The molecular weight excluding hydrogens is 462 g/mol. The SMILES string of the molecule is Oc1cc2c(cc1O)SC(C1[Se]C3=C(SCCS3)[Se]1)S2. The quantitative estimate of drug-likeness (QED) is 0.483. The van der Waals surface area contributed by atoms with Crippen LogP contribution in [0.5, 0.6) is 11.5 Å². The summed E-state index contributed by atoms with van der Waals surface area (Å²) in [6.45, 7) is 0. The molecule has 0 amide bonds. The van der Waals surface area contributed by atoms with Crippen molar-refractivity contribution in [3.05, 3.63) is 19.7 Å². The maximum atomic E-state index is 9.62. The Hall–Kier alpha value is 0.999. The molecule has 8 heteroatoms. The summed E-state index contributed by atoms with van der Waals surface area (Å²) in [5.74, 6) is 2.56. The van der Waals surface area contributed by atoms with Gasteiger partial charge in [-0.3, -0.25) is 0 Å². The second-order valence-corrected chi connectivity index (χ2v) is 16.7. The van der Waals surface area contributed by atoms with E-state index in [2.05, 4.69) is 23.5 Å². The minimum absolute atomic E-state index is 0.00322. The Labute approximate surface area is 147 Å². The standard InChI is InChI=1S/C12H10O2S4Se2/c13-5-3-7-8(4-6(5)14)18-9(17-7)12-19-10-11(20-12)16-2-1-15-10/h3-4,9,12-14H,1-2H2. The third-order valence-electron chi connectivity index (χ3n) is 2.91. The van der Waals surface area contributed by atoms with Crippen LogP contribution in [0, 0.1) is 0 Å². The fourth-order valence-electron chi connectivity index (χ4n) is 2.01. The maximum absolute atomic E-state index is 9.62. The molecule has 2 N–H and O–H groups in total. The molecule has 106 valence electrons. The van der Waals surface area contributed by atoms with Crippen LogP contribution in [0.25, 0.3) is 0 Å². The van der Waals surface area contributed by atoms with Crippen LogP contribution in [0.3, 0.4) is 0 Å². The van der Waals surface area contributed by atoms with Crippen LogP contribution < -0.4 is 0 Å². The number of fused-ring (bicyclic) bond motifs is 1. The Kier molecular flexibility index (Phi) is 4.30. The van der Waals surface area contributed by atoms with Gasteiger partial charge in [-0.1, -0.05) is 0 Å². The van der Waals surface area contributed by atoms with E-state index in [0.717, 1.165) is 13.5 Å². The van der Waals surface area contributed by atoms with E-state index in [0.29, 0.717) is 34.5 Å². The van der Waals surface area contributed by atoms with Gasteiger partial charge in [0.15, 0.2) is 0 Å². The van der Waals surface area contributed by atoms with Gasteiger partial charge < -0.3 is 0 Å². The van der Waals surface area contributed by atoms with Gasteiger partial charge in [-0.25, -0.2) is 0 Å². The van der Waals surface area contributed by atoms with E-state index in [1.807, 2.05) is 23.5 Å². The molecular formula is C12H10O2S4Se2. The summed E-state index contributed by atoms with van der Waals surface area (Å²) in [5.41, 5.74) is 0. The van der Waals surface area contributed by atoms with Gasteiger partial charge in [-0.2, -0.15) is 0 Å². The number of phenolic OH excluding ortho intramolecular Hbond substituents is 2. The molecule has 1 aromatic carbocycles. The topological polar surface area (TPSA) is 40.5 Å². The molecule has 0 saturated heterocycles. The number of phenols is 2. The van der Waals surface area contributed by atoms with Gasteiger partial charge in [0.2, 0.25) is 0 Å². The first-order valence-electron chi connectivity index (χ1n) is 5.93. The van der Waals surface area contributed by atoms with Crippen molar-refractivity contribution in [3.63, 3.8) is 0 Å². The fourth-order valence-corrected chi connectivity index (χ4v) is 20.0. The van der Waals surface area contributed by atoms with Crippen molar-refractivity contribution < 1.29 is 10.2 Å². The van der Waals surface area contributed by atoms with Crippen molar-refractivity contribution in [3.8, 4) is 11.5 Å². The van der Waals surface area contributed by atoms with Gasteiger partial charge in [0.05, 0.1) is 0 Å². The molecule has 0 aliphatic carbocycles. The van der Waals surface area contributed by atoms with Crippen LogP contribution in [0.2, 0.25) is 3.71 Å². The molecule has 1 aromatic rings. The van der Waals surface area contributed by atoms with E-state index < -0.39 is 0 Å². The van der Waals surface area contributed by atoms with Gasteiger partial charge in [-0.05, 0) is 0 Å². The van der Waals surface area contributed by atoms with Gasteiger partial charge in [-0.15, -0.1) is 0 Å². The number of thioether (sulfide) groups is 4. The molecule has 3 heterocycles. The predicted octanol–water partition coefficient (Wildman–Crippen LogP) is 3.40. The normalized spacial score (nSPS) is 23.2.